The molecule has 0 bridgehead atoms. The van der Waals surface area contributed by atoms with Crippen molar-refractivity contribution in [3.63, 3.8) is 0 Å². The zero-order chi connectivity index (χ0) is 20.9. The molecular weight excluding hydrogens is 410 g/mol. The number of nitrogens with one attached hydrogen (secondary N) is 1. The van der Waals surface area contributed by atoms with E-state index < -0.39 is 10.0 Å². The molecule has 2 heterocycles. The van der Waals surface area contributed by atoms with E-state index in [2.05, 4.69) is 17.1 Å². The summed E-state index contributed by atoms with van der Waals surface area (Å²) in [6.07, 6.45) is 7.59. The summed E-state index contributed by atoms with van der Waals surface area (Å²) >= 11 is 6.20. The van der Waals surface area contributed by atoms with Crippen LogP contribution in [0.4, 0.5) is 0 Å². The molecule has 1 aromatic rings. The second-order valence-corrected chi connectivity index (χ2v) is 10.3. The second kappa shape index (κ2) is 10.2. The van der Waals surface area contributed by atoms with Crippen molar-refractivity contribution < 1.29 is 13.2 Å². The largest absolute Gasteiger partial charge is 0.352 e. The molecule has 3 rings (SSSR count). The van der Waals surface area contributed by atoms with Crippen LogP contribution in [0, 0.1) is 0 Å². The Labute approximate surface area is 179 Å². The summed E-state index contributed by atoms with van der Waals surface area (Å²) in [4.78, 5) is 15.3. The van der Waals surface area contributed by atoms with Gasteiger partial charge in [0, 0.05) is 32.2 Å². The molecule has 2 aliphatic heterocycles. The molecule has 2 saturated heterocycles. The Kier molecular flexibility index (Phi) is 7.96. The number of halogens is 1. The maximum Gasteiger partial charge on any atom is 0.252 e. The molecule has 8 heteroatoms. The highest BCUT2D eigenvalue weighted by Gasteiger charge is 2.28. The van der Waals surface area contributed by atoms with E-state index in [9.17, 15) is 13.2 Å². The van der Waals surface area contributed by atoms with Crippen LogP contribution in [-0.2, 0) is 10.0 Å². The molecule has 1 unspecified atom stereocenters. The van der Waals surface area contributed by atoms with Crippen molar-refractivity contribution in [3.8, 4) is 0 Å². The van der Waals surface area contributed by atoms with Crippen LogP contribution < -0.4 is 5.32 Å². The molecule has 0 saturated carbocycles. The summed E-state index contributed by atoms with van der Waals surface area (Å²) in [5, 5.41) is 3.17. The van der Waals surface area contributed by atoms with Gasteiger partial charge in [-0.3, -0.25) is 4.79 Å². The molecule has 0 radical (unpaired) electrons. The fraction of sp³-hybridized carbons (Fsp3) is 0.667. The van der Waals surface area contributed by atoms with Crippen LogP contribution in [-0.4, -0.2) is 62.3 Å². The summed E-state index contributed by atoms with van der Waals surface area (Å²) in [7, 11) is -3.57. The predicted octanol–water partition coefficient (Wildman–Crippen LogP) is 3.51. The van der Waals surface area contributed by atoms with Crippen LogP contribution in [0.3, 0.4) is 0 Å². The monoisotopic (exact) mass is 441 g/mol. The molecular formula is C21H32ClN3O3S. The van der Waals surface area contributed by atoms with Crippen LogP contribution in [0.1, 0.15) is 62.2 Å². The SMILES string of the molecule is CCC1CCCCN1CCCNC(=O)c1cc(S(=O)(=O)N2CCCC2)ccc1Cl. The van der Waals surface area contributed by atoms with E-state index in [1.54, 1.807) is 0 Å². The lowest BCUT2D eigenvalue weighted by Crippen LogP contribution is -2.40. The average Bonchev–Trinajstić information content (AvgIpc) is 3.27. The van der Waals surface area contributed by atoms with Gasteiger partial charge in [-0.15, -0.1) is 0 Å². The van der Waals surface area contributed by atoms with Gasteiger partial charge in [-0.1, -0.05) is 24.9 Å². The number of piperidine rings is 1. The summed E-state index contributed by atoms with van der Waals surface area (Å²) in [6, 6.07) is 5.04. The number of likely N-dealkylation sites (tertiary alicyclic amines) is 1. The van der Waals surface area contributed by atoms with Crippen LogP contribution in [0.5, 0.6) is 0 Å². The highest BCUT2D eigenvalue weighted by molar-refractivity contribution is 7.89. The number of sulfonamides is 1. The predicted molar refractivity (Wildman–Crippen MR) is 116 cm³/mol. The van der Waals surface area contributed by atoms with E-state index in [0.29, 0.717) is 25.7 Å². The molecule has 1 aromatic carbocycles. The van der Waals surface area contributed by atoms with Gasteiger partial charge in [0.2, 0.25) is 10.0 Å². The second-order valence-electron chi connectivity index (χ2n) is 7.96. The molecule has 1 amide bonds. The number of amides is 1. The fourth-order valence-corrected chi connectivity index (χ4v) is 6.06. The normalized spacial score (nSPS) is 21.4. The van der Waals surface area contributed by atoms with Gasteiger partial charge >= 0.3 is 0 Å². The third-order valence-electron chi connectivity index (χ3n) is 6.01. The lowest BCUT2D eigenvalue weighted by molar-refractivity contribution is 0.0947. The van der Waals surface area contributed by atoms with Gasteiger partial charge in [0.15, 0.2) is 0 Å². The molecule has 0 aliphatic carbocycles. The van der Waals surface area contributed by atoms with E-state index in [-0.39, 0.29) is 21.4 Å². The van der Waals surface area contributed by atoms with Crippen molar-refractivity contribution in [2.24, 2.45) is 0 Å². The van der Waals surface area contributed by atoms with Gasteiger partial charge in [0.1, 0.15) is 0 Å². The van der Waals surface area contributed by atoms with Gasteiger partial charge < -0.3 is 10.2 Å². The highest BCUT2D eigenvalue weighted by Crippen LogP contribution is 2.25. The Hall–Kier alpha value is -1.15. The number of carbonyl (C=O) groups is 1. The lowest BCUT2D eigenvalue weighted by atomic mass is 10.00. The van der Waals surface area contributed by atoms with E-state index in [1.807, 2.05) is 0 Å². The van der Waals surface area contributed by atoms with Crippen molar-refractivity contribution in [2.45, 2.75) is 62.8 Å². The molecule has 0 aromatic heterocycles. The quantitative estimate of drug-likeness (QED) is 0.627. The van der Waals surface area contributed by atoms with Gasteiger partial charge in [-0.2, -0.15) is 4.31 Å². The first-order valence-corrected chi connectivity index (χ1v) is 12.6. The fourth-order valence-electron chi connectivity index (χ4n) is 4.31. The van der Waals surface area contributed by atoms with Crippen LogP contribution in [0.15, 0.2) is 23.1 Å². The first-order chi connectivity index (χ1) is 13.9. The number of hydrogen-bond donors (Lipinski definition) is 1. The van der Waals surface area contributed by atoms with E-state index in [1.165, 1.54) is 48.2 Å². The van der Waals surface area contributed by atoms with Crippen molar-refractivity contribution in [2.75, 3.05) is 32.7 Å². The maximum atomic E-state index is 12.8. The minimum atomic E-state index is -3.57. The van der Waals surface area contributed by atoms with Crippen LogP contribution >= 0.6 is 11.6 Å². The maximum absolute atomic E-state index is 12.8. The van der Waals surface area contributed by atoms with E-state index >= 15 is 0 Å². The summed E-state index contributed by atoms with van der Waals surface area (Å²) in [5.74, 6) is -0.320. The van der Waals surface area contributed by atoms with Gasteiger partial charge in [-0.25, -0.2) is 8.42 Å². The minimum absolute atomic E-state index is 0.132. The Morgan fingerprint density at radius 1 is 1.17 bits per heavy atom. The first kappa shape index (κ1) is 22.5. The Morgan fingerprint density at radius 2 is 1.90 bits per heavy atom. The lowest BCUT2D eigenvalue weighted by Gasteiger charge is -2.35. The van der Waals surface area contributed by atoms with Crippen LogP contribution in [0.25, 0.3) is 0 Å². The zero-order valence-corrected chi connectivity index (χ0v) is 18.8. The summed E-state index contributed by atoms with van der Waals surface area (Å²) in [6.45, 7) is 5.94. The zero-order valence-electron chi connectivity index (χ0n) is 17.2. The topological polar surface area (TPSA) is 69.7 Å². The third kappa shape index (κ3) is 5.51. The molecule has 1 atom stereocenters. The van der Waals surface area contributed by atoms with Gasteiger partial charge in [0.05, 0.1) is 15.5 Å². The van der Waals surface area contributed by atoms with Crippen molar-refractivity contribution in [1.29, 1.82) is 0 Å². The molecule has 2 aliphatic rings. The van der Waals surface area contributed by atoms with Gasteiger partial charge in [0.25, 0.3) is 5.91 Å². The number of rotatable bonds is 8. The molecule has 162 valence electrons. The number of carbonyl (C=O) groups excluding carboxylic acids is 1. The summed E-state index contributed by atoms with van der Waals surface area (Å²) < 4.78 is 27.0. The summed E-state index contributed by atoms with van der Waals surface area (Å²) in [5.41, 5.74) is 0.219. The minimum Gasteiger partial charge on any atom is -0.352 e. The molecule has 29 heavy (non-hydrogen) atoms. The van der Waals surface area contributed by atoms with Crippen molar-refractivity contribution in [3.05, 3.63) is 28.8 Å². The molecule has 2 fully saturated rings. The number of benzene rings is 1. The Bertz CT molecular complexity index is 809. The highest BCUT2D eigenvalue weighted by atomic mass is 35.5. The standard InChI is InChI=1S/C21H32ClN3O3S/c1-2-17-8-3-4-12-24(17)13-7-11-23-21(26)19-16-18(9-10-20(19)22)29(27,28)25-14-5-6-15-25/h9-10,16-17H,2-8,11-15H2,1H3,(H,23,26). The molecule has 6 nitrogen and oxygen atoms in total. The number of hydrogen-bond acceptors (Lipinski definition) is 4. The Balaban J connectivity index is 1.57. The smallest absolute Gasteiger partial charge is 0.252 e. The Morgan fingerprint density at radius 3 is 2.62 bits per heavy atom. The first-order valence-electron chi connectivity index (χ1n) is 10.8. The van der Waals surface area contributed by atoms with Crippen molar-refractivity contribution in [1.82, 2.24) is 14.5 Å². The molecule has 0 spiro atoms. The van der Waals surface area contributed by atoms with E-state index in [4.69, 9.17) is 11.6 Å². The molecule has 1 N–H and O–H groups in total. The van der Waals surface area contributed by atoms with Crippen molar-refractivity contribution >= 4 is 27.5 Å². The van der Waals surface area contributed by atoms with Gasteiger partial charge in [-0.05, 0) is 63.3 Å². The average molecular weight is 442 g/mol. The number of nitrogens with zero attached hydrogens (tertiary/aromatic N) is 2. The van der Waals surface area contributed by atoms with E-state index in [0.717, 1.165) is 32.4 Å². The third-order valence-corrected chi connectivity index (χ3v) is 8.24. The van der Waals surface area contributed by atoms with Crippen LogP contribution in [0.2, 0.25) is 5.02 Å².